The average molecular weight is 439 g/mol. The van der Waals surface area contributed by atoms with Gasteiger partial charge in [-0.15, -0.1) is 13.2 Å². The Labute approximate surface area is 200 Å². The molecule has 1 fully saturated rings. The van der Waals surface area contributed by atoms with Crippen molar-refractivity contribution in [3.8, 4) is 11.3 Å². The summed E-state index contributed by atoms with van der Waals surface area (Å²) in [6, 6.07) is 17.6. The molecule has 0 unspecified atom stereocenters. The maximum absolute atomic E-state index is 4.73. The van der Waals surface area contributed by atoms with Crippen LogP contribution >= 0.6 is 0 Å². The van der Waals surface area contributed by atoms with E-state index in [-0.39, 0.29) is 0 Å². The van der Waals surface area contributed by atoms with Gasteiger partial charge in [0.2, 0.25) is 0 Å². The van der Waals surface area contributed by atoms with Gasteiger partial charge in [0.25, 0.3) is 0 Å². The number of hydrogen-bond acceptors (Lipinski definition) is 2. The van der Waals surface area contributed by atoms with Crippen LogP contribution in [0.3, 0.4) is 0 Å². The highest BCUT2D eigenvalue weighted by molar-refractivity contribution is 5.83. The summed E-state index contributed by atoms with van der Waals surface area (Å²) in [6.45, 7) is 14.7. The minimum atomic E-state index is 0.733. The first kappa shape index (κ1) is 24.6. The number of benzene rings is 2. The molecular weight excluding hydrogens is 400 g/mol. The van der Waals surface area contributed by atoms with Crippen molar-refractivity contribution in [1.29, 1.82) is 0 Å². The van der Waals surface area contributed by atoms with E-state index < -0.39 is 0 Å². The molecule has 2 aromatic carbocycles. The molecule has 4 rings (SSSR count). The van der Waals surface area contributed by atoms with Crippen LogP contribution in [-0.2, 0) is 0 Å². The van der Waals surface area contributed by atoms with Gasteiger partial charge in [0.05, 0.1) is 11.4 Å². The molecule has 1 saturated carbocycles. The van der Waals surface area contributed by atoms with Crippen LogP contribution in [0.1, 0.15) is 72.8 Å². The Hall–Kier alpha value is -3.00. The second kappa shape index (κ2) is 11.7. The van der Waals surface area contributed by atoms with Crippen molar-refractivity contribution in [3.05, 3.63) is 95.7 Å². The van der Waals surface area contributed by atoms with Crippen molar-refractivity contribution < 1.29 is 0 Å². The maximum Gasteiger partial charge on any atom is 0.0702 e. The first-order valence-electron chi connectivity index (χ1n) is 12.2. The highest BCUT2D eigenvalue weighted by Gasteiger charge is 2.21. The fraction of sp³-hybridized carbons (Fsp3) is 0.355. The molecule has 172 valence electrons. The molecule has 1 aromatic heterocycles. The Balaban J connectivity index is 0.00000149. The van der Waals surface area contributed by atoms with Gasteiger partial charge in [-0.05, 0) is 87.1 Å². The van der Waals surface area contributed by atoms with E-state index in [4.69, 9.17) is 9.98 Å². The molecule has 0 aliphatic heterocycles. The summed E-state index contributed by atoms with van der Waals surface area (Å²) >= 11 is 0. The molecule has 2 heteroatoms. The number of rotatable bonds is 5. The summed E-state index contributed by atoms with van der Waals surface area (Å²) in [5.41, 5.74) is 9.46. The third kappa shape index (κ3) is 6.28. The summed E-state index contributed by atoms with van der Waals surface area (Å²) < 4.78 is 0. The molecule has 0 radical (unpaired) electrons. The number of pyridine rings is 1. The zero-order valence-electron chi connectivity index (χ0n) is 20.8. The number of hydrogen-bond donors (Lipinski definition) is 0. The Morgan fingerprint density at radius 3 is 2.09 bits per heavy atom. The normalized spacial score (nSPS) is 18.1. The van der Waals surface area contributed by atoms with Crippen LogP contribution in [0, 0.1) is 26.7 Å². The smallest absolute Gasteiger partial charge is 0.0702 e. The van der Waals surface area contributed by atoms with Gasteiger partial charge >= 0.3 is 0 Å². The van der Waals surface area contributed by atoms with Gasteiger partial charge in [0.1, 0.15) is 0 Å². The Morgan fingerprint density at radius 1 is 0.909 bits per heavy atom. The standard InChI is InChI=1S/C29H34N2.C2H4/c1-5-23-6-9-25(10-7-23)26-11-13-27(14-12-26)28-15-8-24(18-30-28)19-31-29-21(3)16-20(2)17-22(29)4;1-2/h8,11-19,23,25H,5-7,9-10H2,1-4H3;1-2H2. The quantitative estimate of drug-likeness (QED) is 0.288. The van der Waals surface area contributed by atoms with Crippen molar-refractivity contribution in [2.45, 2.75) is 65.7 Å². The van der Waals surface area contributed by atoms with Crippen molar-refractivity contribution in [1.82, 2.24) is 4.98 Å². The van der Waals surface area contributed by atoms with Crippen LogP contribution < -0.4 is 0 Å². The molecule has 2 nitrogen and oxygen atoms in total. The summed E-state index contributed by atoms with van der Waals surface area (Å²) in [5, 5.41) is 0. The van der Waals surface area contributed by atoms with E-state index in [0.29, 0.717) is 0 Å². The molecule has 0 N–H and O–H groups in total. The van der Waals surface area contributed by atoms with Gasteiger partial charge in [-0.3, -0.25) is 9.98 Å². The highest BCUT2D eigenvalue weighted by Crippen LogP contribution is 2.37. The Kier molecular flexibility index (Phi) is 8.77. The van der Waals surface area contributed by atoms with Crippen molar-refractivity contribution in [2.75, 3.05) is 0 Å². The number of aryl methyl sites for hydroxylation is 3. The van der Waals surface area contributed by atoms with Crippen LogP contribution in [0.2, 0.25) is 0 Å². The summed E-state index contributed by atoms with van der Waals surface area (Å²) in [5.74, 6) is 1.68. The van der Waals surface area contributed by atoms with E-state index in [1.54, 1.807) is 0 Å². The van der Waals surface area contributed by atoms with E-state index in [1.165, 1.54) is 59.9 Å². The van der Waals surface area contributed by atoms with E-state index in [2.05, 4.69) is 89.4 Å². The highest BCUT2D eigenvalue weighted by atomic mass is 14.7. The largest absolute Gasteiger partial charge is 0.256 e. The first-order valence-corrected chi connectivity index (χ1v) is 12.2. The van der Waals surface area contributed by atoms with Crippen molar-refractivity contribution in [2.24, 2.45) is 10.9 Å². The zero-order valence-corrected chi connectivity index (χ0v) is 20.8. The second-order valence-corrected chi connectivity index (χ2v) is 9.23. The molecule has 3 aromatic rings. The Morgan fingerprint density at radius 2 is 1.55 bits per heavy atom. The number of aliphatic imine (C=N–C) groups is 1. The molecule has 1 aliphatic rings. The second-order valence-electron chi connectivity index (χ2n) is 9.23. The summed E-state index contributed by atoms with van der Waals surface area (Å²) in [4.78, 5) is 9.42. The van der Waals surface area contributed by atoms with Crippen molar-refractivity contribution >= 4 is 11.9 Å². The number of aromatic nitrogens is 1. The molecule has 33 heavy (non-hydrogen) atoms. The third-order valence-electron chi connectivity index (χ3n) is 6.87. The minimum Gasteiger partial charge on any atom is -0.256 e. The Bertz CT molecular complexity index is 1030. The minimum absolute atomic E-state index is 0.733. The molecule has 0 atom stereocenters. The third-order valence-corrected chi connectivity index (χ3v) is 6.87. The van der Waals surface area contributed by atoms with Crippen molar-refractivity contribution in [3.63, 3.8) is 0 Å². The monoisotopic (exact) mass is 438 g/mol. The topological polar surface area (TPSA) is 25.2 Å². The fourth-order valence-electron chi connectivity index (χ4n) is 5.00. The summed E-state index contributed by atoms with van der Waals surface area (Å²) in [7, 11) is 0. The van der Waals surface area contributed by atoms with Gasteiger partial charge in [-0.25, -0.2) is 0 Å². The molecule has 1 heterocycles. The van der Waals surface area contributed by atoms with Crippen LogP contribution in [0.4, 0.5) is 5.69 Å². The van der Waals surface area contributed by atoms with E-state index in [9.17, 15) is 0 Å². The van der Waals surface area contributed by atoms with Crippen LogP contribution in [0.5, 0.6) is 0 Å². The van der Waals surface area contributed by atoms with Crippen LogP contribution in [0.25, 0.3) is 11.3 Å². The van der Waals surface area contributed by atoms with E-state index in [0.717, 1.165) is 28.8 Å². The summed E-state index contributed by atoms with van der Waals surface area (Å²) in [6.07, 6.45) is 10.6. The van der Waals surface area contributed by atoms with Gasteiger partial charge < -0.3 is 0 Å². The van der Waals surface area contributed by atoms with Gasteiger partial charge in [-0.1, -0.05) is 55.3 Å². The maximum atomic E-state index is 4.73. The SMILES string of the molecule is C=C.CCC1CCC(c2ccc(-c3ccc(C=Nc4c(C)cc(C)cc4C)cn3)cc2)CC1. The predicted molar refractivity (Wildman–Crippen MR) is 144 cm³/mol. The molecule has 0 saturated heterocycles. The van der Waals surface area contributed by atoms with Gasteiger partial charge in [0, 0.05) is 23.5 Å². The fourth-order valence-corrected chi connectivity index (χ4v) is 5.00. The van der Waals surface area contributed by atoms with Crippen LogP contribution in [-0.4, -0.2) is 11.2 Å². The lowest BCUT2D eigenvalue weighted by atomic mass is 9.78. The van der Waals surface area contributed by atoms with E-state index in [1.807, 2.05) is 12.4 Å². The van der Waals surface area contributed by atoms with E-state index >= 15 is 0 Å². The lowest BCUT2D eigenvalue weighted by molar-refractivity contribution is 0.319. The number of nitrogens with zero attached hydrogens (tertiary/aromatic N) is 2. The molecule has 0 bridgehead atoms. The van der Waals surface area contributed by atoms with Gasteiger partial charge in [-0.2, -0.15) is 0 Å². The molecule has 0 amide bonds. The lowest BCUT2D eigenvalue weighted by Crippen LogP contribution is -2.12. The molecular formula is C31H38N2. The first-order chi connectivity index (χ1) is 16.0. The lowest BCUT2D eigenvalue weighted by Gasteiger charge is -2.28. The predicted octanol–water partition coefficient (Wildman–Crippen LogP) is 8.91. The van der Waals surface area contributed by atoms with Crippen LogP contribution in [0.15, 0.2) is 72.9 Å². The average Bonchev–Trinajstić information content (AvgIpc) is 2.85. The van der Waals surface area contributed by atoms with Gasteiger partial charge in [0.15, 0.2) is 0 Å². The zero-order chi connectivity index (χ0) is 23.8. The molecule has 0 spiro atoms. The molecule has 1 aliphatic carbocycles.